The number of rotatable bonds is 3. The molecule has 4 N–H and O–H groups in total. The van der Waals surface area contributed by atoms with E-state index >= 15 is 0 Å². The first-order chi connectivity index (χ1) is 10.2. The van der Waals surface area contributed by atoms with Gasteiger partial charge in [0.2, 0.25) is 0 Å². The van der Waals surface area contributed by atoms with Crippen LogP contribution in [0.15, 0.2) is 12.1 Å². The maximum Gasteiger partial charge on any atom is 0.251 e. The molecule has 2 saturated heterocycles. The van der Waals surface area contributed by atoms with Gasteiger partial charge in [-0.1, -0.05) is 0 Å². The summed E-state index contributed by atoms with van der Waals surface area (Å²) in [6, 6.07) is 4.41. The van der Waals surface area contributed by atoms with Crippen LogP contribution < -0.4 is 16.6 Å². The van der Waals surface area contributed by atoms with Crippen LogP contribution >= 0.6 is 0 Å². The minimum Gasteiger partial charge on any atom is -0.349 e. The lowest BCUT2D eigenvalue weighted by Gasteiger charge is -2.35. The standard InChI is InChI=1S/C15H23N5O/c1-10-7-11(8-14(17-10)19-16)15(21)18-12-4-6-20-5-2-3-13(20)9-12/h7-8,12-13H,2-6,9,16H2,1H3,(H,17,19)(H,18,21). The maximum absolute atomic E-state index is 12.4. The van der Waals surface area contributed by atoms with Crippen molar-refractivity contribution in [3.8, 4) is 0 Å². The first-order valence-electron chi connectivity index (χ1n) is 7.66. The molecule has 2 aliphatic rings. The molecule has 0 spiro atoms. The number of carbonyl (C=O) groups excluding carboxylic acids is 1. The Hall–Kier alpha value is -1.66. The Kier molecular flexibility index (Phi) is 4.07. The minimum atomic E-state index is -0.0338. The third kappa shape index (κ3) is 3.16. The molecule has 114 valence electrons. The number of pyridine rings is 1. The molecule has 21 heavy (non-hydrogen) atoms. The highest BCUT2D eigenvalue weighted by Crippen LogP contribution is 2.27. The summed E-state index contributed by atoms with van der Waals surface area (Å²) in [5, 5.41) is 3.16. The van der Waals surface area contributed by atoms with Gasteiger partial charge in [0, 0.05) is 29.9 Å². The van der Waals surface area contributed by atoms with Crippen molar-refractivity contribution in [2.75, 3.05) is 18.5 Å². The molecule has 1 aromatic rings. The molecule has 2 aliphatic heterocycles. The van der Waals surface area contributed by atoms with E-state index in [4.69, 9.17) is 5.84 Å². The zero-order valence-corrected chi connectivity index (χ0v) is 12.4. The van der Waals surface area contributed by atoms with Crippen LogP contribution in [0.4, 0.5) is 5.82 Å². The van der Waals surface area contributed by atoms with Crippen molar-refractivity contribution in [1.29, 1.82) is 0 Å². The van der Waals surface area contributed by atoms with Crippen LogP contribution in [-0.2, 0) is 0 Å². The average molecular weight is 289 g/mol. The van der Waals surface area contributed by atoms with Crippen LogP contribution in [0.1, 0.15) is 41.7 Å². The van der Waals surface area contributed by atoms with Crippen LogP contribution in [-0.4, -0.2) is 41.0 Å². The molecule has 0 aliphatic carbocycles. The topological polar surface area (TPSA) is 83.3 Å². The van der Waals surface area contributed by atoms with Crippen LogP contribution in [0.3, 0.4) is 0 Å². The molecule has 2 fully saturated rings. The predicted octanol–water partition coefficient (Wildman–Crippen LogP) is 1.03. The summed E-state index contributed by atoms with van der Waals surface area (Å²) in [4.78, 5) is 19.2. The SMILES string of the molecule is Cc1cc(C(=O)NC2CCN3CCCC3C2)cc(NN)n1. The molecular weight excluding hydrogens is 266 g/mol. The Labute approximate surface area is 125 Å². The van der Waals surface area contributed by atoms with Crippen molar-refractivity contribution in [3.63, 3.8) is 0 Å². The average Bonchev–Trinajstić information content (AvgIpc) is 2.94. The number of anilines is 1. The van der Waals surface area contributed by atoms with Gasteiger partial charge in [-0.3, -0.25) is 4.79 Å². The molecular formula is C15H23N5O. The zero-order valence-electron chi connectivity index (χ0n) is 12.4. The number of aromatic nitrogens is 1. The van der Waals surface area contributed by atoms with Crippen LogP contribution in [0.5, 0.6) is 0 Å². The van der Waals surface area contributed by atoms with Crippen molar-refractivity contribution >= 4 is 11.7 Å². The van der Waals surface area contributed by atoms with Gasteiger partial charge in [0.05, 0.1) is 0 Å². The molecule has 6 nitrogen and oxygen atoms in total. The van der Waals surface area contributed by atoms with Crippen molar-refractivity contribution < 1.29 is 4.79 Å². The van der Waals surface area contributed by atoms with E-state index in [2.05, 4.69) is 20.6 Å². The van der Waals surface area contributed by atoms with E-state index in [0.717, 1.165) is 25.1 Å². The van der Waals surface area contributed by atoms with Crippen molar-refractivity contribution in [2.45, 2.75) is 44.7 Å². The number of aryl methyl sites for hydroxylation is 1. The highest BCUT2D eigenvalue weighted by atomic mass is 16.1. The van der Waals surface area contributed by atoms with Gasteiger partial charge in [-0.05, 0) is 51.3 Å². The quantitative estimate of drug-likeness (QED) is 0.572. The zero-order chi connectivity index (χ0) is 14.8. The lowest BCUT2D eigenvalue weighted by molar-refractivity contribution is 0.0896. The van der Waals surface area contributed by atoms with Gasteiger partial charge in [0.15, 0.2) is 0 Å². The molecule has 0 aromatic carbocycles. The first kappa shape index (κ1) is 14.3. The Balaban J connectivity index is 1.65. The third-order valence-electron chi connectivity index (χ3n) is 4.52. The van der Waals surface area contributed by atoms with Crippen molar-refractivity contribution in [2.24, 2.45) is 5.84 Å². The van der Waals surface area contributed by atoms with Gasteiger partial charge < -0.3 is 15.6 Å². The second kappa shape index (κ2) is 5.99. The summed E-state index contributed by atoms with van der Waals surface area (Å²) < 4.78 is 0. The number of hydrogen-bond donors (Lipinski definition) is 3. The molecule has 2 atom stereocenters. The molecule has 3 heterocycles. The largest absolute Gasteiger partial charge is 0.349 e. The summed E-state index contributed by atoms with van der Waals surface area (Å²) >= 11 is 0. The maximum atomic E-state index is 12.4. The van der Waals surface area contributed by atoms with Crippen molar-refractivity contribution in [3.05, 3.63) is 23.4 Å². The normalized spacial score (nSPS) is 25.4. The monoisotopic (exact) mass is 289 g/mol. The number of nitrogens with one attached hydrogen (secondary N) is 2. The van der Waals surface area contributed by atoms with E-state index in [1.807, 2.05) is 6.92 Å². The number of amides is 1. The Morgan fingerprint density at radius 3 is 3.05 bits per heavy atom. The summed E-state index contributed by atoms with van der Waals surface area (Å²) in [7, 11) is 0. The molecule has 2 unspecified atom stereocenters. The summed E-state index contributed by atoms with van der Waals surface area (Å²) in [5.41, 5.74) is 3.89. The first-order valence-corrected chi connectivity index (χ1v) is 7.66. The fraction of sp³-hybridized carbons (Fsp3) is 0.600. The molecule has 0 bridgehead atoms. The van der Waals surface area contributed by atoms with Gasteiger partial charge in [0.25, 0.3) is 5.91 Å². The summed E-state index contributed by atoms with van der Waals surface area (Å²) in [6.07, 6.45) is 4.66. The lowest BCUT2D eigenvalue weighted by Crippen LogP contribution is -2.47. The second-order valence-electron chi connectivity index (χ2n) is 6.05. The van der Waals surface area contributed by atoms with Gasteiger partial charge in [-0.2, -0.15) is 0 Å². The van der Waals surface area contributed by atoms with Gasteiger partial charge in [-0.25, -0.2) is 10.8 Å². The van der Waals surface area contributed by atoms with E-state index in [9.17, 15) is 4.79 Å². The number of nitrogens with two attached hydrogens (primary N) is 1. The van der Waals surface area contributed by atoms with Crippen LogP contribution in [0.2, 0.25) is 0 Å². The number of fused-ring (bicyclic) bond motifs is 1. The fourth-order valence-corrected chi connectivity index (χ4v) is 3.50. The van der Waals surface area contributed by atoms with Gasteiger partial charge >= 0.3 is 0 Å². The lowest BCUT2D eigenvalue weighted by atomic mass is 9.97. The van der Waals surface area contributed by atoms with E-state index in [1.165, 1.54) is 19.4 Å². The van der Waals surface area contributed by atoms with E-state index in [1.54, 1.807) is 12.1 Å². The van der Waals surface area contributed by atoms with E-state index < -0.39 is 0 Å². The van der Waals surface area contributed by atoms with Gasteiger partial charge in [-0.15, -0.1) is 0 Å². The van der Waals surface area contributed by atoms with Crippen molar-refractivity contribution in [1.82, 2.24) is 15.2 Å². The minimum absolute atomic E-state index is 0.0338. The predicted molar refractivity (Wildman–Crippen MR) is 81.9 cm³/mol. The van der Waals surface area contributed by atoms with E-state index in [-0.39, 0.29) is 11.9 Å². The second-order valence-corrected chi connectivity index (χ2v) is 6.05. The highest BCUT2D eigenvalue weighted by molar-refractivity contribution is 5.95. The number of nitrogen functional groups attached to an aromatic ring is 1. The molecule has 0 radical (unpaired) electrons. The molecule has 1 aromatic heterocycles. The number of hydrogen-bond acceptors (Lipinski definition) is 5. The number of piperidine rings is 1. The Morgan fingerprint density at radius 2 is 2.24 bits per heavy atom. The van der Waals surface area contributed by atoms with Crippen LogP contribution in [0, 0.1) is 6.92 Å². The molecule has 3 rings (SSSR count). The number of carbonyl (C=O) groups is 1. The summed E-state index contributed by atoms with van der Waals surface area (Å²) in [6.45, 7) is 4.18. The Bertz CT molecular complexity index is 533. The third-order valence-corrected chi connectivity index (χ3v) is 4.52. The summed E-state index contributed by atoms with van der Waals surface area (Å²) in [5.74, 6) is 5.87. The molecule has 0 saturated carbocycles. The Morgan fingerprint density at radius 1 is 1.38 bits per heavy atom. The van der Waals surface area contributed by atoms with Crippen LogP contribution in [0.25, 0.3) is 0 Å². The fourth-order valence-electron chi connectivity index (χ4n) is 3.50. The number of hydrazine groups is 1. The molecule has 1 amide bonds. The smallest absolute Gasteiger partial charge is 0.251 e. The van der Waals surface area contributed by atoms with E-state index in [0.29, 0.717) is 17.4 Å². The highest BCUT2D eigenvalue weighted by Gasteiger charge is 2.32. The molecule has 6 heteroatoms. The number of nitrogens with zero attached hydrogens (tertiary/aromatic N) is 2. The van der Waals surface area contributed by atoms with Gasteiger partial charge in [0.1, 0.15) is 5.82 Å².